The first kappa shape index (κ1) is 24.6. The third kappa shape index (κ3) is 5.17. The van der Waals surface area contributed by atoms with E-state index in [0.29, 0.717) is 5.16 Å². The zero-order valence-corrected chi connectivity index (χ0v) is 22.1. The second-order valence-electron chi connectivity index (χ2n) is 9.16. The highest BCUT2D eigenvalue weighted by Crippen LogP contribution is 2.29. The summed E-state index contributed by atoms with van der Waals surface area (Å²) in [5.74, 6) is 0.650. The lowest BCUT2D eigenvalue weighted by atomic mass is 9.97. The van der Waals surface area contributed by atoms with Crippen LogP contribution in [0.3, 0.4) is 0 Å². The summed E-state index contributed by atoms with van der Waals surface area (Å²) in [6.45, 7) is 2.05. The number of aromatic nitrogens is 3. The number of carbonyl (C=O) groups excluding carboxylic acids is 1. The number of fused-ring (bicyclic) bond motifs is 2. The highest BCUT2D eigenvalue weighted by atomic mass is 32.2. The Labute approximate surface area is 230 Å². The van der Waals surface area contributed by atoms with Gasteiger partial charge in [-0.1, -0.05) is 108 Å². The van der Waals surface area contributed by atoms with Crippen LogP contribution in [0, 0.1) is 6.92 Å². The van der Waals surface area contributed by atoms with E-state index in [4.69, 9.17) is 0 Å². The quantitative estimate of drug-likeness (QED) is 0.107. The maximum absolute atomic E-state index is 12.8. The lowest BCUT2D eigenvalue weighted by Gasteiger charge is -2.10. The Balaban J connectivity index is 1.22. The van der Waals surface area contributed by atoms with Gasteiger partial charge in [0.1, 0.15) is 0 Å². The zero-order chi connectivity index (χ0) is 26.6. The number of amides is 1. The Morgan fingerprint density at radius 1 is 0.846 bits per heavy atom. The van der Waals surface area contributed by atoms with Crippen molar-refractivity contribution >= 4 is 45.4 Å². The van der Waals surface area contributed by atoms with Crippen molar-refractivity contribution in [2.45, 2.75) is 12.1 Å². The van der Waals surface area contributed by atoms with Crippen molar-refractivity contribution in [3.8, 4) is 17.1 Å². The van der Waals surface area contributed by atoms with E-state index in [-0.39, 0.29) is 11.7 Å². The Kier molecular flexibility index (Phi) is 6.89. The largest absolute Gasteiger partial charge is 0.272 e. The molecule has 1 heterocycles. The maximum atomic E-state index is 12.8. The van der Waals surface area contributed by atoms with Crippen LogP contribution in [0.25, 0.3) is 38.6 Å². The summed E-state index contributed by atoms with van der Waals surface area (Å²) < 4.78 is 1.98. The normalized spacial score (nSPS) is 11.4. The van der Waals surface area contributed by atoms with Crippen molar-refractivity contribution in [1.82, 2.24) is 20.2 Å². The summed E-state index contributed by atoms with van der Waals surface area (Å²) in [6.07, 6.45) is 1.73. The molecule has 0 aliphatic carbocycles. The predicted octanol–water partition coefficient (Wildman–Crippen LogP) is 6.79. The van der Waals surface area contributed by atoms with Gasteiger partial charge in [0.2, 0.25) is 0 Å². The van der Waals surface area contributed by atoms with E-state index in [1.807, 2.05) is 71.3 Å². The van der Waals surface area contributed by atoms with Gasteiger partial charge < -0.3 is 0 Å². The molecule has 1 aromatic heterocycles. The zero-order valence-electron chi connectivity index (χ0n) is 21.3. The van der Waals surface area contributed by atoms with E-state index < -0.39 is 0 Å². The molecule has 0 spiro atoms. The fourth-order valence-corrected chi connectivity index (χ4v) is 5.33. The van der Waals surface area contributed by atoms with E-state index >= 15 is 0 Å². The molecule has 0 radical (unpaired) electrons. The second-order valence-corrected chi connectivity index (χ2v) is 10.1. The lowest BCUT2D eigenvalue weighted by molar-refractivity contribution is -0.118. The van der Waals surface area contributed by atoms with E-state index in [1.165, 1.54) is 17.3 Å². The van der Waals surface area contributed by atoms with Crippen LogP contribution in [-0.2, 0) is 4.79 Å². The molecular formula is C32H25N5OS. The van der Waals surface area contributed by atoms with Gasteiger partial charge in [-0.25, -0.2) is 5.43 Å². The fourth-order valence-electron chi connectivity index (χ4n) is 4.58. The SMILES string of the molecule is Cc1ccc(-c2nnc(SCC(=O)N/N=C\c3c4ccccc4cc4ccccc34)n2-c2ccccc2)cc1. The Morgan fingerprint density at radius 2 is 1.49 bits per heavy atom. The van der Waals surface area contributed by atoms with Crippen LogP contribution in [-0.4, -0.2) is 32.6 Å². The number of carbonyl (C=O) groups is 1. The molecule has 1 amide bonds. The van der Waals surface area contributed by atoms with Gasteiger partial charge in [0.05, 0.1) is 12.0 Å². The molecule has 7 heteroatoms. The number of nitrogens with one attached hydrogen (secondary N) is 1. The molecule has 0 aliphatic heterocycles. The number of hydrogen-bond donors (Lipinski definition) is 1. The number of hydrazone groups is 1. The number of hydrogen-bond acceptors (Lipinski definition) is 5. The predicted molar refractivity (Wildman–Crippen MR) is 159 cm³/mol. The minimum absolute atomic E-state index is 0.145. The molecule has 190 valence electrons. The molecule has 6 nitrogen and oxygen atoms in total. The molecule has 0 saturated heterocycles. The molecule has 0 bridgehead atoms. The molecule has 0 fully saturated rings. The van der Waals surface area contributed by atoms with Crippen LogP contribution in [0.5, 0.6) is 0 Å². The summed E-state index contributed by atoms with van der Waals surface area (Å²) >= 11 is 1.32. The molecular weight excluding hydrogens is 502 g/mol. The number of benzene rings is 5. The summed E-state index contributed by atoms with van der Waals surface area (Å²) in [7, 11) is 0. The Hall–Kier alpha value is -4.75. The first-order chi connectivity index (χ1) is 19.2. The van der Waals surface area contributed by atoms with Crippen molar-refractivity contribution in [3.05, 3.63) is 120 Å². The summed E-state index contributed by atoms with van der Waals surface area (Å²) in [5.41, 5.74) is 6.73. The minimum Gasteiger partial charge on any atom is -0.272 e. The van der Waals surface area contributed by atoms with Crippen molar-refractivity contribution in [2.24, 2.45) is 5.10 Å². The van der Waals surface area contributed by atoms with Gasteiger partial charge in [-0.15, -0.1) is 10.2 Å². The van der Waals surface area contributed by atoms with Gasteiger partial charge in [-0.05, 0) is 46.7 Å². The molecule has 6 aromatic rings. The average Bonchev–Trinajstić information content (AvgIpc) is 3.40. The molecule has 0 atom stereocenters. The molecule has 5 aromatic carbocycles. The van der Waals surface area contributed by atoms with Crippen LogP contribution in [0.15, 0.2) is 119 Å². The third-order valence-electron chi connectivity index (χ3n) is 6.49. The lowest BCUT2D eigenvalue weighted by Crippen LogP contribution is -2.20. The van der Waals surface area contributed by atoms with E-state index in [0.717, 1.165) is 44.2 Å². The molecule has 1 N–H and O–H groups in total. The summed E-state index contributed by atoms with van der Waals surface area (Å²) in [5, 5.41) is 18.3. The number of thioether (sulfide) groups is 1. The van der Waals surface area contributed by atoms with Gasteiger partial charge in [-0.2, -0.15) is 5.10 Å². The second kappa shape index (κ2) is 10.9. The van der Waals surface area contributed by atoms with Gasteiger partial charge in [0.25, 0.3) is 5.91 Å². The molecule has 6 rings (SSSR count). The Bertz CT molecular complexity index is 1760. The van der Waals surface area contributed by atoms with Gasteiger partial charge in [0, 0.05) is 16.8 Å². The molecule has 39 heavy (non-hydrogen) atoms. The number of rotatable bonds is 7. The van der Waals surface area contributed by atoms with Gasteiger partial charge >= 0.3 is 0 Å². The Morgan fingerprint density at radius 3 is 2.18 bits per heavy atom. The highest BCUT2D eigenvalue weighted by molar-refractivity contribution is 7.99. The van der Waals surface area contributed by atoms with Crippen LogP contribution in [0.2, 0.25) is 0 Å². The fraction of sp³-hybridized carbons (Fsp3) is 0.0625. The van der Waals surface area contributed by atoms with Crippen molar-refractivity contribution in [3.63, 3.8) is 0 Å². The topological polar surface area (TPSA) is 72.2 Å². The van der Waals surface area contributed by atoms with Crippen molar-refractivity contribution in [1.29, 1.82) is 0 Å². The van der Waals surface area contributed by atoms with E-state index in [9.17, 15) is 4.79 Å². The molecule has 0 unspecified atom stereocenters. The number of nitrogens with zero attached hydrogens (tertiary/aromatic N) is 4. The van der Waals surface area contributed by atoms with Gasteiger partial charge in [0.15, 0.2) is 11.0 Å². The van der Waals surface area contributed by atoms with Crippen LogP contribution in [0.1, 0.15) is 11.1 Å². The number of aryl methyl sites for hydroxylation is 1. The first-order valence-electron chi connectivity index (χ1n) is 12.6. The van der Waals surface area contributed by atoms with Gasteiger partial charge in [-0.3, -0.25) is 9.36 Å². The third-order valence-corrected chi connectivity index (χ3v) is 7.41. The van der Waals surface area contributed by atoms with E-state index in [1.54, 1.807) is 6.21 Å². The van der Waals surface area contributed by atoms with Crippen molar-refractivity contribution < 1.29 is 4.79 Å². The van der Waals surface area contributed by atoms with Crippen LogP contribution >= 0.6 is 11.8 Å². The highest BCUT2D eigenvalue weighted by Gasteiger charge is 2.17. The smallest absolute Gasteiger partial charge is 0.250 e. The molecule has 0 saturated carbocycles. The first-order valence-corrected chi connectivity index (χ1v) is 13.6. The van der Waals surface area contributed by atoms with Crippen LogP contribution in [0.4, 0.5) is 0 Å². The average molecular weight is 528 g/mol. The van der Waals surface area contributed by atoms with Crippen molar-refractivity contribution in [2.75, 3.05) is 5.75 Å². The molecule has 0 aliphatic rings. The standard InChI is InChI=1S/C32H25N5OS/c1-22-15-17-23(18-16-22)31-35-36-32(37(31)26-11-3-2-4-12-26)39-21-30(38)34-33-20-29-27-13-7-5-9-24(27)19-25-10-6-8-14-28(25)29/h2-20H,21H2,1H3,(H,34,38)/b33-20-. The monoisotopic (exact) mass is 527 g/mol. The maximum Gasteiger partial charge on any atom is 0.250 e. The summed E-state index contributed by atoms with van der Waals surface area (Å²) in [4.78, 5) is 12.8. The summed E-state index contributed by atoms with van der Waals surface area (Å²) in [6, 6.07) is 36.7. The van der Waals surface area contributed by atoms with E-state index in [2.05, 4.69) is 70.1 Å². The van der Waals surface area contributed by atoms with Crippen LogP contribution < -0.4 is 5.43 Å². The minimum atomic E-state index is -0.222. The number of para-hydroxylation sites is 1.